The summed E-state index contributed by atoms with van der Waals surface area (Å²) in [5.41, 5.74) is 0.300. The molecule has 0 aromatic carbocycles. The maximum atomic E-state index is 13.6. The number of nitrogens with one attached hydrogen (secondary N) is 1. The van der Waals surface area contributed by atoms with Gasteiger partial charge in [0.2, 0.25) is 5.91 Å². The topological polar surface area (TPSA) is 42.0 Å². The number of carbonyl (C=O) groups is 1. The zero-order valence-corrected chi connectivity index (χ0v) is 12.2. The first-order valence-electron chi connectivity index (χ1n) is 7.48. The average Bonchev–Trinajstić information content (AvgIpc) is 2.91. The minimum absolute atomic E-state index is 0.00514. The summed E-state index contributed by atoms with van der Waals surface area (Å²) >= 11 is 0. The lowest BCUT2D eigenvalue weighted by atomic mass is 9.94. The molecule has 1 aromatic rings. The molecule has 1 aliphatic carbocycles. The Kier molecular flexibility index (Phi) is 5.10. The first-order valence-corrected chi connectivity index (χ1v) is 7.48. The van der Waals surface area contributed by atoms with Gasteiger partial charge in [-0.1, -0.05) is 32.6 Å². The Morgan fingerprint density at radius 1 is 1.45 bits per heavy atom. The van der Waals surface area contributed by atoms with Crippen molar-refractivity contribution in [1.82, 2.24) is 10.3 Å². The van der Waals surface area contributed by atoms with E-state index in [1.807, 2.05) is 6.92 Å². The Balaban J connectivity index is 1.88. The molecule has 1 fully saturated rings. The number of carbonyl (C=O) groups excluding carboxylic acids is 1. The van der Waals surface area contributed by atoms with Crippen LogP contribution in [0.5, 0.6) is 0 Å². The fourth-order valence-corrected chi connectivity index (χ4v) is 2.99. The zero-order valence-electron chi connectivity index (χ0n) is 12.2. The van der Waals surface area contributed by atoms with Gasteiger partial charge in [0, 0.05) is 12.1 Å². The van der Waals surface area contributed by atoms with Crippen molar-refractivity contribution >= 4 is 5.91 Å². The molecule has 0 radical (unpaired) electrons. The van der Waals surface area contributed by atoms with E-state index in [2.05, 4.69) is 10.3 Å². The predicted molar refractivity (Wildman–Crippen MR) is 76.5 cm³/mol. The van der Waals surface area contributed by atoms with Gasteiger partial charge in [0.1, 0.15) is 5.82 Å². The molecule has 20 heavy (non-hydrogen) atoms. The van der Waals surface area contributed by atoms with Crippen molar-refractivity contribution in [2.45, 2.75) is 52.0 Å². The molecule has 110 valence electrons. The lowest BCUT2D eigenvalue weighted by Crippen LogP contribution is -2.33. The van der Waals surface area contributed by atoms with Crippen molar-refractivity contribution in [2.24, 2.45) is 11.8 Å². The predicted octanol–water partition coefficient (Wildman–Crippen LogP) is 3.61. The van der Waals surface area contributed by atoms with Crippen LogP contribution in [0.4, 0.5) is 4.39 Å². The minimum atomic E-state index is -0.394. The van der Waals surface area contributed by atoms with E-state index in [9.17, 15) is 9.18 Å². The quantitative estimate of drug-likeness (QED) is 0.894. The van der Waals surface area contributed by atoms with Crippen LogP contribution in [-0.4, -0.2) is 10.9 Å². The zero-order chi connectivity index (χ0) is 14.5. The van der Waals surface area contributed by atoms with Crippen molar-refractivity contribution in [3.63, 3.8) is 0 Å². The second-order valence-corrected chi connectivity index (χ2v) is 5.89. The molecule has 1 amide bonds. The first kappa shape index (κ1) is 14.9. The summed E-state index contributed by atoms with van der Waals surface area (Å²) in [6, 6.07) is 2.53. The molecule has 0 aliphatic heterocycles. The van der Waals surface area contributed by atoms with Gasteiger partial charge in [-0.05, 0) is 31.4 Å². The van der Waals surface area contributed by atoms with Crippen LogP contribution in [0.1, 0.15) is 57.7 Å². The molecule has 4 heteroatoms. The number of amides is 1. The average molecular weight is 278 g/mol. The molecule has 1 aliphatic rings. The molecule has 3 nitrogen and oxygen atoms in total. The highest BCUT2D eigenvalue weighted by molar-refractivity contribution is 5.78. The smallest absolute Gasteiger partial charge is 0.223 e. The van der Waals surface area contributed by atoms with E-state index in [0.717, 1.165) is 6.42 Å². The Morgan fingerprint density at radius 3 is 2.80 bits per heavy atom. The van der Waals surface area contributed by atoms with Crippen LogP contribution >= 0.6 is 0 Å². The molecular formula is C16H23FN2O. The Hall–Kier alpha value is -1.45. The number of nitrogens with zero attached hydrogens (tertiary/aromatic N) is 1. The molecule has 1 unspecified atom stereocenters. The van der Waals surface area contributed by atoms with Gasteiger partial charge >= 0.3 is 0 Å². The number of rotatable bonds is 5. The number of aromatic nitrogens is 1. The van der Waals surface area contributed by atoms with Crippen molar-refractivity contribution in [3.05, 3.63) is 29.8 Å². The Morgan fingerprint density at radius 2 is 2.15 bits per heavy atom. The highest BCUT2D eigenvalue weighted by atomic mass is 19.1. The summed E-state index contributed by atoms with van der Waals surface area (Å²) < 4.78 is 13.6. The molecule has 0 spiro atoms. The van der Waals surface area contributed by atoms with Crippen LogP contribution in [0, 0.1) is 17.7 Å². The van der Waals surface area contributed by atoms with Crippen LogP contribution in [-0.2, 0) is 4.79 Å². The highest BCUT2D eigenvalue weighted by Gasteiger charge is 2.23. The summed E-state index contributed by atoms with van der Waals surface area (Å²) in [4.78, 5) is 16.2. The van der Waals surface area contributed by atoms with E-state index >= 15 is 0 Å². The van der Waals surface area contributed by atoms with Crippen LogP contribution in [0.25, 0.3) is 0 Å². The van der Waals surface area contributed by atoms with E-state index < -0.39 is 6.04 Å². The fourth-order valence-electron chi connectivity index (χ4n) is 2.99. The third-order valence-electron chi connectivity index (χ3n) is 4.17. The molecular weight excluding hydrogens is 255 g/mol. The molecule has 1 heterocycles. The first-order chi connectivity index (χ1) is 9.58. The second-order valence-electron chi connectivity index (χ2n) is 5.89. The molecule has 0 bridgehead atoms. The molecule has 1 N–H and O–H groups in total. The van der Waals surface area contributed by atoms with E-state index in [1.54, 1.807) is 19.2 Å². The van der Waals surface area contributed by atoms with Gasteiger partial charge in [0.25, 0.3) is 0 Å². The Bertz CT molecular complexity index is 458. The van der Waals surface area contributed by atoms with Crippen LogP contribution in [0.2, 0.25) is 0 Å². The molecule has 2 atom stereocenters. The van der Waals surface area contributed by atoms with Crippen molar-refractivity contribution in [2.75, 3.05) is 0 Å². The molecule has 1 saturated carbocycles. The van der Waals surface area contributed by atoms with Gasteiger partial charge in [-0.2, -0.15) is 0 Å². The lowest BCUT2D eigenvalue weighted by Gasteiger charge is -2.19. The third-order valence-corrected chi connectivity index (χ3v) is 4.17. The van der Waals surface area contributed by atoms with Gasteiger partial charge in [-0.15, -0.1) is 0 Å². The maximum absolute atomic E-state index is 13.6. The second kappa shape index (κ2) is 6.82. The van der Waals surface area contributed by atoms with E-state index in [1.165, 1.54) is 31.7 Å². The largest absolute Gasteiger partial charge is 0.348 e. The van der Waals surface area contributed by atoms with Gasteiger partial charge < -0.3 is 5.32 Å². The Labute approximate surface area is 120 Å². The SMILES string of the molecule is CC(CC1CCCC1)C(=O)N[C@H](C)c1ncccc1F. The summed E-state index contributed by atoms with van der Waals surface area (Å²) in [5.74, 6) is 0.281. The molecule has 2 rings (SSSR count). The number of hydrogen-bond donors (Lipinski definition) is 1. The fraction of sp³-hybridized carbons (Fsp3) is 0.625. The summed E-state index contributed by atoms with van der Waals surface area (Å²) in [7, 11) is 0. The number of pyridine rings is 1. The standard InChI is InChI=1S/C16H23FN2O/c1-11(10-13-6-3-4-7-13)16(20)19-12(2)15-14(17)8-5-9-18-15/h5,8-9,11-13H,3-4,6-7,10H2,1-2H3,(H,19,20)/t11?,12-/m1/s1. The van der Waals surface area contributed by atoms with Gasteiger partial charge in [0.15, 0.2) is 0 Å². The lowest BCUT2D eigenvalue weighted by molar-refractivity contribution is -0.125. The van der Waals surface area contributed by atoms with E-state index in [-0.39, 0.29) is 17.6 Å². The summed E-state index contributed by atoms with van der Waals surface area (Å²) in [6.45, 7) is 3.72. The van der Waals surface area contributed by atoms with E-state index in [0.29, 0.717) is 11.6 Å². The number of hydrogen-bond acceptors (Lipinski definition) is 2. The molecule has 0 saturated heterocycles. The van der Waals surface area contributed by atoms with Crippen LogP contribution < -0.4 is 5.32 Å². The van der Waals surface area contributed by atoms with E-state index in [4.69, 9.17) is 0 Å². The third kappa shape index (κ3) is 3.78. The maximum Gasteiger partial charge on any atom is 0.223 e. The van der Waals surface area contributed by atoms with Crippen molar-refractivity contribution in [1.29, 1.82) is 0 Å². The normalized spacial score (nSPS) is 18.8. The van der Waals surface area contributed by atoms with Crippen molar-refractivity contribution in [3.8, 4) is 0 Å². The van der Waals surface area contributed by atoms with Crippen molar-refractivity contribution < 1.29 is 9.18 Å². The highest BCUT2D eigenvalue weighted by Crippen LogP contribution is 2.30. The minimum Gasteiger partial charge on any atom is -0.348 e. The monoisotopic (exact) mass is 278 g/mol. The summed E-state index contributed by atoms with van der Waals surface area (Å²) in [6.07, 6.45) is 7.53. The summed E-state index contributed by atoms with van der Waals surface area (Å²) in [5, 5.41) is 2.87. The van der Waals surface area contributed by atoms with Crippen LogP contribution in [0.15, 0.2) is 18.3 Å². The van der Waals surface area contributed by atoms with Gasteiger partial charge in [-0.25, -0.2) is 4.39 Å². The van der Waals surface area contributed by atoms with Gasteiger partial charge in [-0.3, -0.25) is 9.78 Å². The number of halogens is 1. The van der Waals surface area contributed by atoms with Gasteiger partial charge in [0.05, 0.1) is 11.7 Å². The molecule has 1 aromatic heterocycles. The van der Waals surface area contributed by atoms with Crippen LogP contribution in [0.3, 0.4) is 0 Å².